The number of anilines is 1. The number of primary amides is 1. The summed E-state index contributed by atoms with van der Waals surface area (Å²) in [5, 5.41) is 2.85. The fourth-order valence-electron chi connectivity index (χ4n) is 1.85. The maximum Gasteiger partial charge on any atom is 0.255 e. The molecule has 6 heteroatoms. The van der Waals surface area contributed by atoms with Gasteiger partial charge in [0.05, 0.1) is 10.7 Å². The molecule has 0 atom stereocenters. The minimum atomic E-state index is -0.625. The maximum absolute atomic E-state index is 13.0. The van der Waals surface area contributed by atoms with Gasteiger partial charge in [-0.15, -0.1) is 0 Å². The third-order valence-corrected chi connectivity index (χ3v) is 3.26. The van der Waals surface area contributed by atoms with Crippen molar-refractivity contribution in [1.29, 1.82) is 0 Å². The van der Waals surface area contributed by atoms with Gasteiger partial charge in [-0.25, -0.2) is 4.39 Å². The number of benzene rings is 2. The second-order valence-electron chi connectivity index (χ2n) is 4.47. The topological polar surface area (TPSA) is 72.2 Å². The van der Waals surface area contributed by atoms with Crippen LogP contribution in [0.2, 0.25) is 5.02 Å². The Bertz CT molecular complexity index is 732. The normalized spacial score (nSPS) is 10.2. The van der Waals surface area contributed by atoms with Crippen LogP contribution < -0.4 is 11.1 Å². The SMILES string of the molecule is Cc1cc(F)ccc1C(=O)Nc1cc(C(N)=O)ccc1Cl. The summed E-state index contributed by atoms with van der Waals surface area (Å²) in [5.41, 5.74) is 6.48. The molecule has 21 heavy (non-hydrogen) atoms. The molecule has 0 aliphatic heterocycles. The van der Waals surface area contributed by atoms with Crippen LogP contribution in [-0.4, -0.2) is 11.8 Å². The van der Waals surface area contributed by atoms with Crippen molar-refractivity contribution < 1.29 is 14.0 Å². The molecule has 0 aliphatic rings. The molecule has 2 aromatic rings. The Morgan fingerprint density at radius 2 is 1.90 bits per heavy atom. The van der Waals surface area contributed by atoms with E-state index in [1.54, 1.807) is 6.92 Å². The predicted molar refractivity (Wildman–Crippen MR) is 79.1 cm³/mol. The van der Waals surface area contributed by atoms with Gasteiger partial charge in [0.15, 0.2) is 0 Å². The van der Waals surface area contributed by atoms with Crippen molar-refractivity contribution in [2.45, 2.75) is 6.92 Å². The van der Waals surface area contributed by atoms with Crippen LogP contribution >= 0.6 is 11.6 Å². The van der Waals surface area contributed by atoms with Gasteiger partial charge < -0.3 is 11.1 Å². The van der Waals surface area contributed by atoms with Crippen LogP contribution in [0.25, 0.3) is 0 Å². The Labute approximate surface area is 125 Å². The lowest BCUT2D eigenvalue weighted by molar-refractivity contribution is 0.0996. The number of amides is 2. The standard InChI is InChI=1S/C15H12ClFN2O2/c1-8-6-10(17)3-4-11(8)15(21)19-13-7-9(14(18)20)2-5-12(13)16/h2-7H,1H3,(H2,18,20)(H,19,21). The lowest BCUT2D eigenvalue weighted by atomic mass is 10.1. The average molecular weight is 307 g/mol. The van der Waals surface area contributed by atoms with Crippen molar-refractivity contribution in [3.63, 3.8) is 0 Å². The van der Waals surface area contributed by atoms with E-state index in [2.05, 4.69) is 5.32 Å². The molecule has 2 aromatic carbocycles. The van der Waals surface area contributed by atoms with E-state index in [0.717, 1.165) is 0 Å². The molecule has 0 fully saturated rings. The first-order valence-corrected chi connectivity index (χ1v) is 6.43. The van der Waals surface area contributed by atoms with E-state index < -0.39 is 17.6 Å². The van der Waals surface area contributed by atoms with Gasteiger partial charge in [0.1, 0.15) is 5.82 Å². The van der Waals surface area contributed by atoms with Gasteiger partial charge >= 0.3 is 0 Å². The summed E-state index contributed by atoms with van der Waals surface area (Å²) in [6, 6.07) is 8.16. The van der Waals surface area contributed by atoms with Gasteiger partial charge in [-0.1, -0.05) is 11.6 Å². The summed E-state index contributed by atoms with van der Waals surface area (Å²) in [7, 11) is 0. The highest BCUT2D eigenvalue weighted by Crippen LogP contribution is 2.24. The largest absolute Gasteiger partial charge is 0.366 e. The number of carbonyl (C=O) groups excluding carboxylic acids is 2. The van der Waals surface area contributed by atoms with Gasteiger partial charge in [0, 0.05) is 11.1 Å². The highest BCUT2D eigenvalue weighted by atomic mass is 35.5. The van der Waals surface area contributed by atoms with Gasteiger partial charge in [-0.2, -0.15) is 0 Å². The lowest BCUT2D eigenvalue weighted by Crippen LogP contribution is -2.15. The molecule has 0 aromatic heterocycles. The van der Waals surface area contributed by atoms with Crippen LogP contribution in [0, 0.1) is 12.7 Å². The molecule has 2 amide bonds. The molecule has 0 radical (unpaired) electrons. The summed E-state index contributed by atoms with van der Waals surface area (Å²) in [5.74, 6) is -1.49. The summed E-state index contributed by atoms with van der Waals surface area (Å²) in [6.07, 6.45) is 0. The van der Waals surface area contributed by atoms with Crippen molar-refractivity contribution >= 4 is 29.1 Å². The molecule has 2 rings (SSSR count). The lowest BCUT2D eigenvalue weighted by Gasteiger charge is -2.10. The number of halogens is 2. The van der Waals surface area contributed by atoms with E-state index in [9.17, 15) is 14.0 Å². The second kappa shape index (κ2) is 5.93. The van der Waals surface area contributed by atoms with Crippen LogP contribution in [0.4, 0.5) is 10.1 Å². The predicted octanol–water partition coefficient (Wildman–Crippen LogP) is 3.14. The van der Waals surface area contributed by atoms with Gasteiger partial charge in [-0.05, 0) is 48.9 Å². The summed E-state index contributed by atoms with van der Waals surface area (Å²) >= 11 is 5.97. The molecule has 0 saturated carbocycles. The first-order chi connectivity index (χ1) is 9.88. The molecule has 0 spiro atoms. The summed E-state index contributed by atoms with van der Waals surface area (Å²) < 4.78 is 13.0. The number of nitrogens with two attached hydrogens (primary N) is 1. The fourth-order valence-corrected chi connectivity index (χ4v) is 2.01. The van der Waals surface area contributed by atoms with Crippen molar-refractivity contribution in [2.75, 3.05) is 5.32 Å². The third-order valence-electron chi connectivity index (χ3n) is 2.93. The minimum Gasteiger partial charge on any atom is -0.366 e. The van der Waals surface area contributed by atoms with Gasteiger partial charge in [0.25, 0.3) is 5.91 Å². The van der Waals surface area contributed by atoms with E-state index in [1.165, 1.54) is 36.4 Å². The van der Waals surface area contributed by atoms with Crippen LogP contribution in [-0.2, 0) is 0 Å². The van der Waals surface area contributed by atoms with E-state index in [-0.39, 0.29) is 16.3 Å². The van der Waals surface area contributed by atoms with Gasteiger partial charge in [-0.3, -0.25) is 9.59 Å². The Morgan fingerprint density at radius 1 is 1.19 bits per heavy atom. The Hall–Kier alpha value is -2.40. The zero-order valence-corrected chi connectivity index (χ0v) is 11.9. The molecule has 3 N–H and O–H groups in total. The highest BCUT2D eigenvalue weighted by molar-refractivity contribution is 6.34. The monoisotopic (exact) mass is 306 g/mol. The number of nitrogens with one attached hydrogen (secondary N) is 1. The van der Waals surface area contributed by atoms with E-state index in [1.807, 2.05) is 0 Å². The third kappa shape index (κ3) is 3.38. The molecule has 4 nitrogen and oxygen atoms in total. The smallest absolute Gasteiger partial charge is 0.255 e. The maximum atomic E-state index is 13.0. The zero-order chi connectivity index (χ0) is 15.6. The van der Waals surface area contributed by atoms with E-state index in [4.69, 9.17) is 17.3 Å². The first-order valence-electron chi connectivity index (χ1n) is 6.05. The Balaban J connectivity index is 2.31. The van der Waals surface area contributed by atoms with E-state index in [0.29, 0.717) is 11.1 Å². The van der Waals surface area contributed by atoms with Crippen LogP contribution in [0.1, 0.15) is 26.3 Å². The molecule has 0 heterocycles. The quantitative estimate of drug-likeness (QED) is 0.914. The Kier molecular flexibility index (Phi) is 4.23. The summed E-state index contributed by atoms with van der Waals surface area (Å²) in [4.78, 5) is 23.3. The molecule has 0 unspecified atom stereocenters. The molecular weight excluding hydrogens is 295 g/mol. The molecule has 0 aliphatic carbocycles. The Morgan fingerprint density at radius 3 is 2.52 bits per heavy atom. The molecule has 0 saturated heterocycles. The fraction of sp³-hybridized carbons (Fsp3) is 0.0667. The molecular formula is C15H12ClFN2O2. The van der Waals surface area contributed by atoms with E-state index >= 15 is 0 Å². The van der Waals surface area contributed by atoms with Crippen molar-refractivity contribution in [3.8, 4) is 0 Å². The number of hydrogen-bond donors (Lipinski definition) is 2. The highest BCUT2D eigenvalue weighted by Gasteiger charge is 2.13. The number of hydrogen-bond acceptors (Lipinski definition) is 2. The van der Waals surface area contributed by atoms with Crippen molar-refractivity contribution in [1.82, 2.24) is 0 Å². The second-order valence-corrected chi connectivity index (χ2v) is 4.88. The number of carbonyl (C=O) groups is 2. The number of rotatable bonds is 3. The van der Waals surface area contributed by atoms with Crippen molar-refractivity contribution in [2.24, 2.45) is 5.73 Å². The van der Waals surface area contributed by atoms with Gasteiger partial charge in [0.2, 0.25) is 5.91 Å². The van der Waals surface area contributed by atoms with Crippen LogP contribution in [0.15, 0.2) is 36.4 Å². The van der Waals surface area contributed by atoms with Crippen LogP contribution in [0.3, 0.4) is 0 Å². The average Bonchev–Trinajstić information content (AvgIpc) is 2.40. The summed E-state index contributed by atoms with van der Waals surface area (Å²) in [6.45, 7) is 1.62. The minimum absolute atomic E-state index is 0.227. The van der Waals surface area contributed by atoms with Crippen molar-refractivity contribution in [3.05, 3.63) is 63.9 Å². The molecule has 0 bridgehead atoms. The zero-order valence-electron chi connectivity index (χ0n) is 11.1. The van der Waals surface area contributed by atoms with Crippen LogP contribution in [0.5, 0.6) is 0 Å². The number of aryl methyl sites for hydroxylation is 1. The molecule has 108 valence electrons. The first kappa shape index (κ1) is 15.0.